The molecule has 0 aliphatic heterocycles. The lowest BCUT2D eigenvalue weighted by atomic mass is 10.0. The molecule has 0 aromatic heterocycles. The van der Waals surface area contributed by atoms with Crippen LogP contribution in [0, 0.1) is 6.92 Å². The van der Waals surface area contributed by atoms with Crippen LogP contribution in [0.5, 0.6) is 11.5 Å². The molecule has 1 aromatic rings. The second-order valence-corrected chi connectivity index (χ2v) is 5.23. The van der Waals surface area contributed by atoms with Gasteiger partial charge >= 0.3 is 18.4 Å². The second-order valence-electron chi connectivity index (χ2n) is 5.23. The molecule has 2 amide bonds. The van der Waals surface area contributed by atoms with E-state index in [2.05, 4.69) is 0 Å². The highest BCUT2D eigenvalue weighted by Gasteiger charge is 2.68. The van der Waals surface area contributed by atoms with Crippen LogP contribution in [0.3, 0.4) is 0 Å². The van der Waals surface area contributed by atoms with Crippen molar-refractivity contribution in [3.05, 3.63) is 17.7 Å². The number of alkyl halides is 6. The normalized spacial score (nSPS) is 12.6. The highest BCUT2D eigenvalue weighted by molar-refractivity contribution is 5.90. The van der Waals surface area contributed by atoms with Crippen molar-refractivity contribution >= 4 is 11.7 Å². The minimum absolute atomic E-state index is 0.0700. The lowest BCUT2D eigenvalue weighted by Crippen LogP contribution is -2.66. The van der Waals surface area contributed by atoms with Crippen LogP contribution in [0.25, 0.3) is 0 Å². The van der Waals surface area contributed by atoms with Gasteiger partial charge < -0.3 is 20.1 Å². The maximum atomic E-state index is 12.8. The van der Waals surface area contributed by atoms with E-state index in [1.54, 1.807) is 6.92 Å². The summed E-state index contributed by atoms with van der Waals surface area (Å²) in [4.78, 5) is 11.7. The van der Waals surface area contributed by atoms with E-state index in [-0.39, 0.29) is 18.4 Å². The number of hydrogen-bond donors (Lipinski definition) is 2. The van der Waals surface area contributed by atoms with Crippen molar-refractivity contribution in [1.29, 1.82) is 0 Å². The first-order chi connectivity index (χ1) is 11.3. The maximum Gasteiger partial charge on any atom is 0.420 e. The Morgan fingerprint density at radius 2 is 1.52 bits per heavy atom. The molecule has 1 rings (SSSR count). The lowest BCUT2D eigenvalue weighted by molar-refractivity contribution is -0.297. The third kappa shape index (κ3) is 4.20. The van der Waals surface area contributed by atoms with Gasteiger partial charge in [0, 0.05) is 11.8 Å². The summed E-state index contributed by atoms with van der Waals surface area (Å²) in [5, 5.41) is 2.86. The van der Waals surface area contributed by atoms with E-state index in [0.29, 0.717) is 11.3 Å². The van der Waals surface area contributed by atoms with Crippen LogP contribution < -0.4 is 20.1 Å². The predicted octanol–water partition coefficient (Wildman–Crippen LogP) is 4.02. The summed E-state index contributed by atoms with van der Waals surface area (Å²) in [7, 11) is 2.63. The molecule has 0 atom stereocenters. The van der Waals surface area contributed by atoms with Gasteiger partial charge in [-0.25, -0.2) is 4.79 Å². The van der Waals surface area contributed by atoms with Gasteiger partial charge in [0.25, 0.3) is 0 Å². The zero-order chi connectivity index (χ0) is 19.6. The Labute approximate surface area is 139 Å². The number of halogens is 6. The molecular formula is C14H16F6N2O3. The molecule has 0 spiro atoms. The van der Waals surface area contributed by atoms with E-state index in [4.69, 9.17) is 9.47 Å². The number of benzene rings is 1. The van der Waals surface area contributed by atoms with Crippen molar-refractivity contribution < 1.29 is 40.6 Å². The fourth-order valence-corrected chi connectivity index (χ4v) is 1.92. The van der Waals surface area contributed by atoms with Gasteiger partial charge in [-0.15, -0.1) is 0 Å². The van der Waals surface area contributed by atoms with E-state index in [1.807, 2.05) is 5.32 Å². The van der Waals surface area contributed by atoms with Crippen LogP contribution in [0.1, 0.15) is 12.5 Å². The number of aryl methyl sites for hydroxylation is 1. The monoisotopic (exact) mass is 374 g/mol. The van der Waals surface area contributed by atoms with E-state index < -0.39 is 23.9 Å². The lowest BCUT2D eigenvalue weighted by Gasteiger charge is -2.34. The predicted molar refractivity (Wildman–Crippen MR) is 77.0 cm³/mol. The molecule has 25 heavy (non-hydrogen) atoms. The van der Waals surface area contributed by atoms with Gasteiger partial charge in [-0.05, 0) is 25.5 Å². The topological polar surface area (TPSA) is 59.6 Å². The number of ether oxygens (including phenoxy) is 2. The molecular weight excluding hydrogens is 358 g/mol. The quantitative estimate of drug-likeness (QED) is 0.783. The summed E-state index contributed by atoms with van der Waals surface area (Å²) in [5.41, 5.74) is -4.03. The number of amides is 2. The minimum atomic E-state index is -5.74. The number of hydrogen-bond acceptors (Lipinski definition) is 3. The largest absolute Gasteiger partial charge is 0.493 e. The fraction of sp³-hybridized carbons (Fsp3) is 0.500. The van der Waals surface area contributed by atoms with Crippen molar-refractivity contribution in [2.45, 2.75) is 31.7 Å². The number of nitrogens with one attached hydrogen (secondary N) is 2. The molecule has 0 radical (unpaired) electrons. The molecule has 0 aliphatic carbocycles. The first-order valence-electron chi connectivity index (χ1n) is 6.72. The summed E-state index contributed by atoms with van der Waals surface area (Å²) in [6, 6.07) is 0.826. The minimum Gasteiger partial charge on any atom is -0.493 e. The number of anilines is 1. The molecule has 0 aliphatic rings. The highest BCUT2D eigenvalue weighted by Crippen LogP contribution is 2.42. The summed E-state index contributed by atoms with van der Waals surface area (Å²) >= 11 is 0. The molecule has 0 saturated heterocycles. The summed E-state index contributed by atoms with van der Waals surface area (Å²) < 4.78 is 86.7. The summed E-state index contributed by atoms with van der Waals surface area (Å²) in [6.45, 7) is 1.40. The van der Waals surface area contributed by atoms with E-state index >= 15 is 0 Å². The molecule has 2 N–H and O–H groups in total. The third-order valence-corrected chi connectivity index (χ3v) is 3.42. The molecule has 1 aromatic carbocycles. The highest BCUT2D eigenvalue weighted by atomic mass is 19.4. The van der Waals surface area contributed by atoms with Gasteiger partial charge in [0.05, 0.1) is 14.2 Å². The SMILES string of the molecule is COc1cc(NC(=O)NC(C)(C(F)(F)F)C(F)(F)F)cc(C)c1OC. The average Bonchev–Trinajstić information content (AvgIpc) is 2.43. The number of rotatable bonds is 4. The Bertz CT molecular complexity index is 629. The zero-order valence-corrected chi connectivity index (χ0v) is 13.6. The first kappa shape index (κ1) is 20.7. The molecule has 0 saturated carbocycles. The van der Waals surface area contributed by atoms with Crippen LogP contribution in [-0.2, 0) is 0 Å². The molecule has 0 bridgehead atoms. The van der Waals surface area contributed by atoms with Gasteiger partial charge in [0.1, 0.15) is 0 Å². The van der Waals surface area contributed by atoms with Gasteiger partial charge in [0.2, 0.25) is 5.54 Å². The van der Waals surface area contributed by atoms with Gasteiger partial charge in [-0.2, -0.15) is 26.3 Å². The van der Waals surface area contributed by atoms with Crippen molar-refractivity contribution in [3.63, 3.8) is 0 Å². The molecule has 0 fully saturated rings. The summed E-state index contributed by atoms with van der Waals surface area (Å²) in [6.07, 6.45) is -11.5. The van der Waals surface area contributed by atoms with Gasteiger partial charge in [-0.1, -0.05) is 0 Å². The van der Waals surface area contributed by atoms with Crippen molar-refractivity contribution in [1.82, 2.24) is 5.32 Å². The van der Waals surface area contributed by atoms with Crippen LogP contribution in [0.15, 0.2) is 12.1 Å². The number of carbonyl (C=O) groups excluding carboxylic acids is 1. The molecule has 0 heterocycles. The second kappa shape index (κ2) is 6.89. The van der Waals surface area contributed by atoms with Crippen molar-refractivity contribution in [2.24, 2.45) is 0 Å². The van der Waals surface area contributed by atoms with Crippen LogP contribution >= 0.6 is 0 Å². The molecule has 0 unspecified atom stereocenters. The fourth-order valence-electron chi connectivity index (χ4n) is 1.92. The van der Waals surface area contributed by atoms with Gasteiger partial charge in [0.15, 0.2) is 11.5 Å². The van der Waals surface area contributed by atoms with Gasteiger partial charge in [-0.3, -0.25) is 0 Å². The average molecular weight is 374 g/mol. The Hall–Kier alpha value is -2.33. The Kier molecular flexibility index (Phi) is 5.70. The van der Waals surface area contributed by atoms with E-state index in [0.717, 1.165) is 5.32 Å². The maximum absolute atomic E-state index is 12.8. The molecule has 11 heteroatoms. The number of urea groups is 1. The Morgan fingerprint density at radius 3 is 1.92 bits per heavy atom. The standard InChI is InChI=1S/C14H16F6N2O3/c1-7-5-8(6-9(24-3)10(7)25-4)21-11(23)22-12(2,13(15,16)17)14(18,19)20/h5-6H,1-4H3,(H2,21,22,23). The van der Waals surface area contributed by atoms with Crippen LogP contribution in [0.2, 0.25) is 0 Å². The Morgan fingerprint density at radius 1 is 1.00 bits per heavy atom. The van der Waals surface area contributed by atoms with E-state index in [9.17, 15) is 31.1 Å². The number of carbonyl (C=O) groups is 1. The van der Waals surface area contributed by atoms with Crippen molar-refractivity contribution in [2.75, 3.05) is 19.5 Å². The van der Waals surface area contributed by atoms with Crippen LogP contribution in [-0.4, -0.2) is 38.1 Å². The smallest absolute Gasteiger partial charge is 0.420 e. The molecule has 142 valence electrons. The van der Waals surface area contributed by atoms with Crippen LogP contribution in [0.4, 0.5) is 36.8 Å². The number of methoxy groups -OCH3 is 2. The Balaban J connectivity index is 3.09. The van der Waals surface area contributed by atoms with E-state index in [1.165, 1.54) is 26.4 Å². The molecule has 5 nitrogen and oxygen atoms in total. The summed E-state index contributed by atoms with van der Waals surface area (Å²) in [5.74, 6) is 0.455. The van der Waals surface area contributed by atoms with Crippen molar-refractivity contribution in [3.8, 4) is 11.5 Å². The zero-order valence-electron chi connectivity index (χ0n) is 13.6. The first-order valence-corrected chi connectivity index (χ1v) is 6.72. The third-order valence-electron chi connectivity index (χ3n) is 3.42.